The Hall–Kier alpha value is -2.41. The molecule has 7 heteroatoms. The van der Waals surface area contributed by atoms with Crippen LogP contribution in [0, 0.1) is 12.8 Å². The van der Waals surface area contributed by atoms with E-state index < -0.39 is 0 Å². The Balaban J connectivity index is 1.64. The molecular formula is C19H28N6O. The van der Waals surface area contributed by atoms with Crippen LogP contribution in [0.15, 0.2) is 35.7 Å². The molecule has 1 unspecified atom stereocenters. The molecule has 0 saturated carbocycles. The molecule has 2 aromatic rings. The Morgan fingerprint density at radius 3 is 2.92 bits per heavy atom. The maximum absolute atomic E-state index is 5.48. The Morgan fingerprint density at radius 1 is 1.42 bits per heavy atom. The third-order valence-electron chi connectivity index (χ3n) is 4.55. The highest BCUT2D eigenvalue weighted by atomic mass is 16.5. The average Bonchev–Trinajstić information content (AvgIpc) is 3.30. The van der Waals surface area contributed by atoms with Gasteiger partial charge < -0.3 is 15.0 Å². The number of pyridine rings is 1. The molecule has 0 bridgehead atoms. The van der Waals surface area contributed by atoms with Crippen LogP contribution in [0.2, 0.25) is 0 Å². The van der Waals surface area contributed by atoms with Crippen LogP contribution >= 0.6 is 0 Å². The van der Waals surface area contributed by atoms with E-state index in [2.05, 4.69) is 40.2 Å². The zero-order valence-electron chi connectivity index (χ0n) is 15.9. The maximum atomic E-state index is 5.48. The van der Waals surface area contributed by atoms with E-state index >= 15 is 0 Å². The highest BCUT2D eigenvalue weighted by Crippen LogP contribution is 2.13. The predicted octanol–water partition coefficient (Wildman–Crippen LogP) is 2.01. The van der Waals surface area contributed by atoms with Crippen LogP contribution in [-0.2, 0) is 11.3 Å². The minimum absolute atomic E-state index is 0.586. The molecule has 0 spiro atoms. The standard InChI is InChI=1S/C19H28N6O/c1-4-20-19(24(3)13-17-7-10-26-14-17)23-12-16-5-6-18(22-11-16)25-9-8-21-15(25)2/h5-6,8-9,11,17H,4,7,10,12-14H2,1-3H3,(H,20,23). The first-order valence-corrected chi connectivity index (χ1v) is 9.19. The number of hydrogen-bond acceptors (Lipinski definition) is 4. The monoisotopic (exact) mass is 356 g/mol. The summed E-state index contributed by atoms with van der Waals surface area (Å²) in [5.74, 6) is 3.31. The number of nitrogens with zero attached hydrogens (tertiary/aromatic N) is 5. The van der Waals surface area contributed by atoms with Gasteiger partial charge in [0, 0.05) is 51.3 Å². The number of ether oxygens (including phenoxy) is 1. The normalized spacial score (nSPS) is 17.5. The first kappa shape index (κ1) is 18.4. The van der Waals surface area contributed by atoms with E-state index in [-0.39, 0.29) is 0 Å². The SMILES string of the molecule is CCNC(=NCc1ccc(-n2ccnc2C)nc1)N(C)CC1CCOC1. The summed E-state index contributed by atoms with van der Waals surface area (Å²) >= 11 is 0. The van der Waals surface area contributed by atoms with E-state index in [1.807, 2.05) is 30.0 Å². The van der Waals surface area contributed by atoms with Crippen LogP contribution in [0.3, 0.4) is 0 Å². The van der Waals surface area contributed by atoms with Crippen LogP contribution in [0.25, 0.3) is 5.82 Å². The number of imidazole rings is 1. The number of nitrogens with one attached hydrogen (secondary N) is 1. The second kappa shape index (κ2) is 8.80. The van der Waals surface area contributed by atoms with Gasteiger partial charge in [0.05, 0.1) is 13.2 Å². The van der Waals surface area contributed by atoms with Gasteiger partial charge >= 0.3 is 0 Å². The van der Waals surface area contributed by atoms with Crippen LogP contribution in [0.5, 0.6) is 0 Å². The van der Waals surface area contributed by atoms with Crippen molar-refractivity contribution in [1.82, 2.24) is 24.8 Å². The van der Waals surface area contributed by atoms with Gasteiger partial charge in [0.25, 0.3) is 0 Å². The Bertz CT molecular complexity index is 718. The molecule has 1 aliphatic heterocycles. The van der Waals surface area contributed by atoms with E-state index in [0.29, 0.717) is 12.5 Å². The number of aliphatic imine (C=N–C) groups is 1. The Morgan fingerprint density at radius 2 is 2.31 bits per heavy atom. The van der Waals surface area contributed by atoms with E-state index in [9.17, 15) is 0 Å². The van der Waals surface area contributed by atoms with Crippen molar-refractivity contribution < 1.29 is 4.74 Å². The van der Waals surface area contributed by atoms with Crippen LogP contribution in [0.1, 0.15) is 24.7 Å². The van der Waals surface area contributed by atoms with Gasteiger partial charge in [-0.15, -0.1) is 0 Å². The second-order valence-electron chi connectivity index (χ2n) is 6.65. The third kappa shape index (κ3) is 4.60. The molecule has 3 heterocycles. The number of rotatable bonds is 6. The summed E-state index contributed by atoms with van der Waals surface area (Å²) in [6, 6.07) is 4.08. The van der Waals surface area contributed by atoms with Crippen molar-refractivity contribution in [3.8, 4) is 5.82 Å². The summed E-state index contributed by atoms with van der Waals surface area (Å²) < 4.78 is 7.44. The number of guanidine groups is 1. The third-order valence-corrected chi connectivity index (χ3v) is 4.55. The first-order chi connectivity index (χ1) is 12.7. The fraction of sp³-hybridized carbons (Fsp3) is 0.526. The number of aryl methyl sites for hydroxylation is 1. The molecule has 0 aliphatic carbocycles. The van der Waals surface area contributed by atoms with Gasteiger partial charge in [-0.3, -0.25) is 4.57 Å². The summed E-state index contributed by atoms with van der Waals surface area (Å²) in [4.78, 5) is 15.7. The molecule has 2 aromatic heterocycles. The summed E-state index contributed by atoms with van der Waals surface area (Å²) in [6.07, 6.45) is 6.71. The first-order valence-electron chi connectivity index (χ1n) is 9.19. The predicted molar refractivity (Wildman–Crippen MR) is 102 cm³/mol. The Kier molecular flexibility index (Phi) is 6.22. The molecule has 1 fully saturated rings. The zero-order chi connectivity index (χ0) is 18.4. The van der Waals surface area contributed by atoms with Gasteiger partial charge in [0.2, 0.25) is 0 Å². The molecule has 1 saturated heterocycles. The molecule has 1 atom stereocenters. The topological polar surface area (TPSA) is 67.6 Å². The summed E-state index contributed by atoms with van der Waals surface area (Å²) in [6.45, 7) is 8.19. The van der Waals surface area contributed by atoms with E-state index in [1.54, 1.807) is 6.20 Å². The molecular weight excluding hydrogens is 328 g/mol. The molecule has 0 aromatic carbocycles. The second-order valence-corrected chi connectivity index (χ2v) is 6.65. The molecule has 0 radical (unpaired) electrons. The van der Waals surface area contributed by atoms with Crippen LogP contribution in [0.4, 0.5) is 0 Å². The summed E-state index contributed by atoms with van der Waals surface area (Å²) in [5, 5.41) is 3.37. The van der Waals surface area contributed by atoms with Crippen molar-refractivity contribution in [3.63, 3.8) is 0 Å². The fourth-order valence-electron chi connectivity index (χ4n) is 3.11. The fourth-order valence-corrected chi connectivity index (χ4v) is 3.11. The van der Waals surface area contributed by atoms with Gasteiger partial charge in [-0.05, 0) is 31.9 Å². The van der Waals surface area contributed by atoms with Gasteiger partial charge in [-0.1, -0.05) is 6.07 Å². The molecule has 1 N–H and O–H groups in total. The zero-order valence-corrected chi connectivity index (χ0v) is 15.9. The average molecular weight is 356 g/mol. The summed E-state index contributed by atoms with van der Waals surface area (Å²) in [7, 11) is 2.09. The van der Waals surface area contributed by atoms with Gasteiger partial charge in [-0.25, -0.2) is 15.0 Å². The van der Waals surface area contributed by atoms with E-state index in [4.69, 9.17) is 9.73 Å². The molecule has 3 rings (SSSR count). The molecule has 0 amide bonds. The van der Waals surface area contributed by atoms with Gasteiger partial charge in [0.1, 0.15) is 11.6 Å². The van der Waals surface area contributed by atoms with Crippen molar-refractivity contribution in [3.05, 3.63) is 42.1 Å². The smallest absolute Gasteiger partial charge is 0.193 e. The lowest BCUT2D eigenvalue weighted by molar-refractivity contribution is 0.181. The van der Waals surface area contributed by atoms with Crippen molar-refractivity contribution in [2.45, 2.75) is 26.8 Å². The maximum Gasteiger partial charge on any atom is 0.193 e. The highest BCUT2D eigenvalue weighted by molar-refractivity contribution is 5.79. The lowest BCUT2D eigenvalue weighted by Crippen LogP contribution is -2.41. The molecule has 26 heavy (non-hydrogen) atoms. The molecule has 1 aliphatic rings. The lowest BCUT2D eigenvalue weighted by Gasteiger charge is -2.24. The number of aromatic nitrogens is 3. The largest absolute Gasteiger partial charge is 0.381 e. The van der Waals surface area contributed by atoms with Gasteiger partial charge in [0.15, 0.2) is 5.96 Å². The van der Waals surface area contributed by atoms with Crippen LogP contribution < -0.4 is 5.32 Å². The van der Waals surface area contributed by atoms with Crippen molar-refractivity contribution in [2.75, 3.05) is 33.4 Å². The summed E-state index contributed by atoms with van der Waals surface area (Å²) in [5.41, 5.74) is 1.08. The van der Waals surface area contributed by atoms with E-state index in [1.165, 1.54) is 0 Å². The van der Waals surface area contributed by atoms with Crippen molar-refractivity contribution in [2.24, 2.45) is 10.9 Å². The Labute approximate surface area is 155 Å². The minimum Gasteiger partial charge on any atom is -0.381 e. The lowest BCUT2D eigenvalue weighted by atomic mass is 10.1. The minimum atomic E-state index is 0.586. The van der Waals surface area contributed by atoms with Crippen molar-refractivity contribution >= 4 is 5.96 Å². The number of hydrogen-bond donors (Lipinski definition) is 1. The van der Waals surface area contributed by atoms with Crippen molar-refractivity contribution in [1.29, 1.82) is 0 Å². The van der Waals surface area contributed by atoms with Crippen LogP contribution in [-0.4, -0.2) is 58.7 Å². The van der Waals surface area contributed by atoms with Gasteiger partial charge in [-0.2, -0.15) is 0 Å². The van der Waals surface area contributed by atoms with E-state index in [0.717, 1.165) is 55.9 Å². The quantitative estimate of drug-likeness (QED) is 0.633. The highest BCUT2D eigenvalue weighted by Gasteiger charge is 2.19. The molecule has 7 nitrogen and oxygen atoms in total. The molecule has 140 valence electrons.